The molecule has 0 aromatic heterocycles. The summed E-state index contributed by atoms with van der Waals surface area (Å²) >= 11 is 0. The number of nitrogens with one attached hydrogen (secondary N) is 1. The van der Waals surface area contributed by atoms with Crippen LogP contribution in [0.3, 0.4) is 0 Å². The van der Waals surface area contributed by atoms with Gasteiger partial charge in [0.25, 0.3) is 15.9 Å². The summed E-state index contributed by atoms with van der Waals surface area (Å²) in [5, 5.41) is 24.9. The van der Waals surface area contributed by atoms with Crippen LogP contribution in [0.15, 0.2) is 46.5 Å². The van der Waals surface area contributed by atoms with Gasteiger partial charge in [-0.3, -0.25) is 13.9 Å². The number of aliphatic carboxylic acids is 1. The summed E-state index contributed by atoms with van der Waals surface area (Å²) < 4.78 is 31.3. The van der Waals surface area contributed by atoms with Gasteiger partial charge in [0.1, 0.15) is 45.0 Å². The summed E-state index contributed by atoms with van der Waals surface area (Å²) in [6.45, 7) is 12.1. The average molecular weight is 684 g/mol. The number of aliphatic hydroxyl groups excluding tert-OH is 1. The number of carbonyl (C=O) groups is 3. The van der Waals surface area contributed by atoms with Gasteiger partial charge in [0.2, 0.25) is 5.91 Å². The Bertz CT molecular complexity index is 1820. The van der Waals surface area contributed by atoms with Crippen molar-refractivity contribution >= 4 is 44.3 Å². The Balaban J connectivity index is 1.11. The Morgan fingerprint density at radius 1 is 1.08 bits per heavy atom. The van der Waals surface area contributed by atoms with E-state index in [1.807, 2.05) is 18.2 Å². The van der Waals surface area contributed by atoms with E-state index in [0.29, 0.717) is 29.7 Å². The van der Waals surface area contributed by atoms with Gasteiger partial charge in [-0.05, 0) is 35.6 Å². The molecule has 6 aliphatic heterocycles. The number of hydrogen-bond donors (Lipinski definition) is 4. The van der Waals surface area contributed by atoms with Crippen molar-refractivity contribution in [3.8, 4) is 0 Å². The summed E-state index contributed by atoms with van der Waals surface area (Å²) in [4.78, 5) is 39.3. The molecule has 2 aromatic rings. The van der Waals surface area contributed by atoms with Gasteiger partial charge in [0.15, 0.2) is 6.54 Å². The highest BCUT2D eigenvalue weighted by molar-refractivity contribution is 7.93. The van der Waals surface area contributed by atoms with Crippen LogP contribution in [0.2, 0.25) is 0 Å². The molecule has 8 rings (SSSR count). The molecule has 4 fully saturated rings. The minimum Gasteiger partial charge on any atom is -0.477 e. The number of quaternary nitrogens is 3. The first kappa shape index (κ1) is 33.0. The van der Waals surface area contributed by atoms with Crippen molar-refractivity contribution in [2.24, 2.45) is 11.8 Å². The Morgan fingerprint density at radius 2 is 1.77 bits per heavy atom. The minimum atomic E-state index is -3.99. The molecule has 2 bridgehead atoms. The first-order valence-corrected chi connectivity index (χ1v) is 18.6. The number of hydrogen-bond acceptors (Lipinski definition) is 6. The second kappa shape index (κ2) is 11.8. The number of carbonyl (C=O) groups excluding carboxylic acids is 2. The molecule has 0 unspecified atom stereocenters. The predicted molar refractivity (Wildman–Crippen MR) is 177 cm³/mol. The molecule has 0 saturated carbocycles. The van der Waals surface area contributed by atoms with E-state index >= 15 is 0 Å². The fourth-order valence-corrected chi connectivity index (χ4v) is 10.7. The van der Waals surface area contributed by atoms with Crippen molar-refractivity contribution < 1.29 is 47.7 Å². The van der Waals surface area contributed by atoms with E-state index in [4.69, 9.17) is 0 Å². The van der Waals surface area contributed by atoms with Crippen LogP contribution in [0.25, 0.3) is 10.8 Å². The molecular weight excluding hydrogens is 636 g/mol. The van der Waals surface area contributed by atoms with Crippen LogP contribution in [0, 0.1) is 11.8 Å². The average Bonchev–Trinajstić information content (AvgIpc) is 3.42. The molecule has 2 aromatic carbocycles. The Kier molecular flexibility index (Phi) is 8.10. The zero-order valence-electron chi connectivity index (χ0n) is 27.7. The normalized spacial score (nSPS) is 30.5. The van der Waals surface area contributed by atoms with Gasteiger partial charge in [-0.25, -0.2) is 13.2 Å². The van der Waals surface area contributed by atoms with Crippen LogP contribution in [0.5, 0.6) is 0 Å². The number of fused-ring (bicyclic) bond motifs is 4. The quantitative estimate of drug-likeness (QED) is 0.133. The lowest BCUT2D eigenvalue weighted by Crippen LogP contribution is -2.76. The molecule has 14 heteroatoms. The Labute approximate surface area is 280 Å². The maximum absolute atomic E-state index is 14.1. The standard InChI is InChI=1S/C34H44N6O7S/c1-21-25(32(34(44)45)38-31(21)29(22(2)41)33(38)43)19-37-26-6-3-5-24-23(7-8-27(30(24)26)48(37,46)47)9-12-39-13-16-40(17-14-39,18-15-39)20-28(42)36-11-4-10-35/h3,5-8,21-22,29,31,41H,4,9-20,35H2,1-2H3/p+3/t21-,22+,29+,31+,39?,40?/m0/s1. The van der Waals surface area contributed by atoms with Gasteiger partial charge in [-0.15, -0.1) is 0 Å². The van der Waals surface area contributed by atoms with E-state index in [1.165, 1.54) is 16.1 Å². The molecule has 6 heterocycles. The van der Waals surface area contributed by atoms with Crippen LogP contribution in [-0.4, -0.2) is 134 Å². The lowest BCUT2D eigenvalue weighted by atomic mass is 9.78. The van der Waals surface area contributed by atoms with Crippen LogP contribution >= 0.6 is 0 Å². The van der Waals surface area contributed by atoms with E-state index in [9.17, 15) is 33.0 Å². The van der Waals surface area contributed by atoms with Crippen LogP contribution in [0.4, 0.5) is 5.69 Å². The SMILES string of the molecule is C[C@@H](O)[C@H]1C(=O)N2C(C(=O)O)=C(CN3c4cccc5c(CC[N+]67CC[N+](CC(=O)NCCC[NH3+])(CC6)CC7)ccc(c45)S3(=O)=O)[C@H](C)[C@H]12. The lowest BCUT2D eigenvalue weighted by molar-refractivity contribution is -1.08. The van der Waals surface area contributed by atoms with E-state index in [1.54, 1.807) is 19.1 Å². The molecule has 2 amide bonds. The third-order valence-electron chi connectivity index (χ3n) is 12.0. The molecule has 6 aliphatic rings. The molecule has 6 N–H and O–H groups in total. The lowest BCUT2D eigenvalue weighted by Gasteiger charge is -2.55. The fraction of sp³-hybridized carbons (Fsp3) is 0.559. The minimum absolute atomic E-state index is 0.127. The predicted octanol–water partition coefficient (Wildman–Crippen LogP) is -0.504. The number of anilines is 1. The van der Waals surface area contributed by atoms with Crippen molar-refractivity contribution in [1.29, 1.82) is 0 Å². The molecule has 0 spiro atoms. The Morgan fingerprint density at radius 3 is 2.42 bits per heavy atom. The molecule has 48 heavy (non-hydrogen) atoms. The van der Waals surface area contributed by atoms with Gasteiger partial charge >= 0.3 is 5.97 Å². The number of carboxylic acid groups (broad SMARTS) is 1. The topological polar surface area (TPSA) is 172 Å². The number of nitrogens with zero attached hydrogens (tertiary/aromatic N) is 4. The maximum Gasteiger partial charge on any atom is 0.352 e. The summed E-state index contributed by atoms with van der Waals surface area (Å²) in [7, 11) is -3.99. The number of amides is 2. The molecule has 258 valence electrons. The third kappa shape index (κ3) is 5.02. The van der Waals surface area contributed by atoms with E-state index in [0.717, 1.165) is 85.1 Å². The fourth-order valence-electron chi connectivity index (χ4n) is 9.07. The first-order valence-electron chi connectivity index (χ1n) is 17.1. The number of rotatable bonds is 12. The van der Waals surface area contributed by atoms with Crippen molar-refractivity contribution in [2.45, 2.75) is 43.7 Å². The van der Waals surface area contributed by atoms with Gasteiger partial charge in [0, 0.05) is 30.7 Å². The molecule has 13 nitrogen and oxygen atoms in total. The summed E-state index contributed by atoms with van der Waals surface area (Å²) in [5.74, 6) is -2.76. The van der Waals surface area contributed by atoms with Crippen LogP contribution < -0.4 is 15.4 Å². The van der Waals surface area contributed by atoms with E-state index < -0.39 is 45.9 Å². The molecule has 0 aliphatic carbocycles. The maximum atomic E-state index is 14.1. The molecular formula is C34H47N6O7S+3. The van der Waals surface area contributed by atoms with E-state index in [2.05, 4.69) is 11.1 Å². The summed E-state index contributed by atoms with van der Waals surface area (Å²) in [6.07, 6.45) is 0.739. The monoisotopic (exact) mass is 683 g/mol. The van der Waals surface area contributed by atoms with Crippen LogP contribution in [0.1, 0.15) is 25.8 Å². The molecule has 4 saturated heterocycles. The van der Waals surface area contributed by atoms with Gasteiger partial charge in [-0.1, -0.05) is 25.1 Å². The first-order chi connectivity index (χ1) is 22.8. The summed E-state index contributed by atoms with van der Waals surface area (Å²) in [6, 6.07) is 8.67. The zero-order valence-corrected chi connectivity index (χ0v) is 28.5. The highest BCUT2D eigenvalue weighted by atomic mass is 32.2. The number of carboxylic acids is 1. The number of aliphatic hydroxyl groups is 1. The highest BCUT2D eigenvalue weighted by Crippen LogP contribution is 2.50. The van der Waals surface area contributed by atoms with Gasteiger partial charge in [0.05, 0.1) is 48.3 Å². The third-order valence-corrected chi connectivity index (χ3v) is 13.8. The second-order valence-electron chi connectivity index (χ2n) is 14.6. The van der Waals surface area contributed by atoms with E-state index in [-0.39, 0.29) is 23.0 Å². The smallest absolute Gasteiger partial charge is 0.352 e. The number of benzene rings is 2. The number of sulfonamides is 1. The second-order valence-corrected chi connectivity index (χ2v) is 16.4. The van der Waals surface area contributed by atoms with Crippen molar-refractivity contribution in [3.05, 3.63) is 47.2 Å². The van der Waals surface area contributed by atoms with Gasteiger partial charge < -0.3 is 35.1 Å². The van der Waals surface area contributed by atoms with Gasteiger partial charge in [-0.2, -0.15) is 0 Å². The molecule has 4 atom stereocenters. The largest absolute Gasteiger partial charge is 0.477 e. The zero-order chi connectivity index (χ0) is 34.2. The van der Waals surface area contributed by atoms with Crippen LogP contribution in [-0.2, 0) is 30.8 Å². The summed E-state index contributed by atoms with van der Waals surface area (Å²) in [5.41, 5.74) is 5.63. The number of β-lactam (4-membered cyclic amide) rings is 1. The molecule has 0 radical (unpaired) electrons. The van der Waals surface area contributed by atoms with Crippen molar-refractivity contribution in [3.63, 3.8) is 0 Å². The van der Waals surface area contributed by atoms with Crippen molar-refractivity contribution in [2.75, 3.05) is 76.3 Å². The Hall–Kier alpha value is -3.56. The highest BCUT2D eigenvalue weighted by Gasteiger charge is 2.60. The number of piperazine rings is 3. The van der Waals surface area contributed by atoms with Crippen molar-refractivity contribution in [1.82, 2.24) is 10.2 Å².